The summed E-state index contributed by atoms with van der Waals surface area (Å²) in [7, 11) is 1.44. The van der Waals surface area contributed by atoms with Gasteiger partial charge in [0.05, 0.1) is 18.0 Å². The predicted octanol–water partition coefficient (Wildman–Crippen LogP) is 4.49. The number of hydrogen-bond donors (Lipinski definition) is 0. The lowest BCUT2D eigenvalue weighted by molar-refractivity contribution is 0.386. The lowest BCUT2D eigenvalue weighted by Gasteiger charge is -2.15. The molecule has 1 aromatic heterocycles. The van der Waals surface area contributed by atoms with Gasteiger partial charge in [-0.15, -0.1) is 0 Å². The summed E-state index contributed by atoms with van der Waals surface area (Å²) in [5.41, 5.74) is 1.46. The Kier molecular flexibility index (Phi) is 5.61. The first-order chi connectivity index (χ1) is 12.5. The van der Waals surface area contributed by atoms with Crippen molar-refractivity contribution in [2.75, 3.05) is 7.11 Å². The van der Waals surface area contributed by atoms with Gasteiger partial charge in [-0.2, -0.15) is 0 Å². The minimum atomic E-state index is -0.392. The molecule has 0 aliphatic rings. The van der Waals surface area contributed by atoms with Crippen molar-refractivity contribution in [2.24, 2.45) is 5.92 Å². The van der Waals surface area contributed by atoms with E-state index in [1.807, 2.05) is 24.3 Å². The van der Waals surface area contributed by atoms with E-state index in [1.165, 1.54) is 24.9 Å². The van der Waals surface area contributed by atoms with Crippen LogP contribution in [-0.2, 0) is 12.3 Å². The van der Waals surface area contributed by atoms with Gasteiger partial charge in [-0.1, -0.05) is 43.8 Å². The predicted molar refractivity (Wildman–Crippen MR) is 103 cm³/mol. The fourth-order valence-electron chi connectivity index (χ4n) is 2.73. The van der Waals surface area contributed by atoms with E-state index in [-0.39, 0.29) is 11.3 Å². The largest absolute Gasteiger partial charge is 0.494 e. The van der Waals surface area contributed by atoms with Crippen molar-refractivity contribution in [3.63, 3.8) is 0 Å². The highest BCUT2D eigenvalue weighted by molar-refractivity contribution is 7.98. The highest BCUT2D eigenvalue weighted by Gasteiger charge is 2.13. The molecule has 0 unspecified atom stereocenters. The average molecular weight is 372 g/mol. The maximum Gasteiger partial charge on any atom is 0.262 e. The van der Waals surface area contributed by atoms with E-state index in [9.17, 15) is 9.18 Å². The van der Waals surface area contributed by atoms with Crippen LogP contribution >= 0.6 is 11.8 Å². The van der Waals surface area contributed by atoms with E-state index in [1.54, 1.807) is 16.7 Å². The number of aromatic nitrogens is 2. The molecular weight excluding hydrogens is 351 g/mol. The fourth-order valence-corrected chi connectivity index (χ4v) is 3.68. The summed E-state index contributed by atoms with van der Waals surface area (Å²) in [5.74, 6) is 0.661. The van der Waals surface area contributed by atoms with Gasteiger partial charge in [0.2, 0.25) is 0 Å². The van der Waals surface area contributed by atoms with Crippen LogP contribution in [0.4, 0.5) is 4.39 Å². The van der Waals surface area contributed by atoms with Crippen LogP contribution in [0.1, 0.15) is 19.4 Å². The molecule has 6 heteroatoms. The number of thioether (sulfide) groups is 1. The summed E-state index contributed by atoms with van der Waals surface area (Å²) in [6.07, 6.45) is 0. The molecule has 3 aromatic rings. The molecular formula is C20H21FN2O2S. The van der Waals surface area contributed by atoms with Crippen molar-refractivity contribution >= 4 is 22.7 Å². The molecule has 0 amide bonds. The maximum absolute atomic E-state index is 13.9. The summed E-state index contributed by atoms with van der Waals surface area (Å²) in [5, 5.41) is 1.27. The second-order valence-corrected chi connectivity index (χ2v) is 7.42. The lowest BCUT2D eigenvalue weighted by Crippen LogP contribution is -2.25. The number of para-hydroxylation sites is 1. The summed E-state index contributed by atoms with van der Waals surface area (Å²) in [6.45, 7) is 4.72. The number of fused-ring (bicyclic) bond motifs is 1. The second kappa shape index (κ2) is 7.91. The second-order valence-electron chi connectivity index (χ2n) is 6.48. The first-order valence-corrected chi connectivity index (χ1v) is 9.43. The molecule has 0 fully saturated rings. The molecule has 0 N–H and O–H groups in total. The molecule has 3 rings (SSSR count). The third kappa shape index (κ3) is 3.90. The van der Waals surface area contributed by atoms with E-state index in [0.29, 0.717) is 34.3 Å². The molecule has 0 aliphatic heterocycles. The molecule has 0 aliphatic carbocycles. The van der Waals surface area contributed by atoms with Crippen LogP contribution in [0, 0.1) is 11.7 Å². The minimum absolute atomic E-state index is 0.0345. The summed E-state index contributed by atoms with van der Waals surface area (Å²) >= 11 is 1.44. The van der Waals surface area contributed by atoms with Crippen molar-refractivity contribution in [1.82, 2.24) is 9.55 Å². The van der Waals surface area contributed by atoms with Gasteiger partial charge < -0.3 is 4.74 Å². The minimum Gasteiger partial charge on any atom is -0.494 e. The third-order valence-electron chi connectivity index (χ3n) is 3.96. The Labute approximate surface area is 156 Å². The number of hydrogen-bond acceptors (Lipinski definition) is 4. The topological polar surface area (TPSA) is 44.1 Å². The van der Waals surface area contributed by atoms with E-state index in [2.05, 4.69) is 18.8 Å². The first kappa shape index (κ1) is 18.5. The number of halogens is 1. The molecule has 0 saturated carbocycles. The fraction of sp³-hybridized carbons (Fsp3) is 0.300. The maximum atomic E-state index is 13.9. The van der Waals surface area contributed by atoms with Gasteiger partial charge in [-0.25, -0.2) is 9.37 Å². The third-order valence-corrected chi connectivity index (χ3v) is 5.01. The van der Waals surface area contributed by atoms with Crippen molar-refractivity contribution in [3.05, 3.63) is 64.2 Å². The van der Waals surface area contributed by atoms with Gasteiger partial charge in [0.15, 0.2) is 16.7 Å². The lowest BCUT2D eigenvalue weighted by atomic mass is 10.2. The standard InChI is InChI=1S/C20H21FN2O2S/c1-13(2)11-23-19(24)15-6-4-5-7-17(15)22-20(23)26-12-14-8-9-18(25-3)16(21)10-14/h4-10,13H,11-12H2,1-3H3. The van der Waals surface area contributed by atoms with Crippen LogP contribution in [0.3, 0.4) is 0 Å². The number of rotatable bonds is 6. The summed E-state index contributed by atoms with van der Waals surface area (Å²) in [4.78, 5) is 17.5. The Balaban J connectivity index is 1.95. The van der Waals surface area contributed by atoms with Gasteiger partial charge in [0, 0.05) is 12.3 Å². The van der Waals surface area contributed by atoms with Crippen molar-refractivity contribution in [1.29, 1.82) is 0 Å². The zero-order chi connectivity index (χ0) is 18.7. The zero-order valence-electron chi connectivity index (χ0n) is 15.0. The quantitative estimate of drug-likeness (QED) is 0.472. The number of benzene rings is 2. The van der Waals surface area contributed by atoms with E-state index >= 15 is 0 Å². The molecule has 136 valence electrons. The van der Waals surface area contributed by atoms with Crippen LogP contribution in [0.2, 0.25) is 0 Å². The Bertz CT molecular complexity index is 985. The average Bonchev–Trinajstić information content (AvgIpc) is 2.62. The van der Waals surface area contributed by atoms with Gasteiger partial charge in [-0.05, 0) is 35.7 Å². The van der Waals surface area contributed by atoms with Crippen LogP contribution < -0.4 is 10.3 Å². The van der Waals surface area contributed by atoms with Crippen molar-refractivity contribution < 1.29 is 9.13 Å². The number of ether oxygens (including phenoxy) is 1. The number of nitrogens with zero attached hydrogens (tertiary/aromatic N) is 2. The van der Waals surface area contributed by atoms with Crippen LogP contribution in [-0.4, -0.2) is 16.7 Å². The Morgan fingerprint density at radius 3 is 2.69 bits per heavy atom. The first-order valence-electron chi connectivity index (χ1n) is 8.44. The molecule has 0 spiro atoms. The molecule has 0 radical (unpaired) electrons. The summed E-state index contributed by atoms with van der Waals surface area (Å²) in [6, 6.07) is 12.2. The molecule has 0 bridgehead atoms. The highest BCUT2D eigenvalue weighted by atomic mass is 32.2. The molecule has 1 heterocycles. The van der Waals surface area contributed by atoms with Crippen molar-refractivity contribution in [3.8, 4) is 5.75 Å². The zero-order valence-corrected chi connectivity index (χ0v) is 15.8. The van der Waals surface area contributed by atoms with Gasteiger partial charge >= 0.3 is 0 Å². The highest BCUT2D eigenvalue weighted by Crippen LogP contribution is 2.25. The van der Waals surface area contributed by atoms with Gasteiger partial charge in [0.25, 0.3) is 5.56 Å². The Hall–Kier alpha value is -2.34. The smallest absolute Gasteiger partial charge is 0.262 e. The van der Waals surface area contributed by atoms with Crippen LogP contribution in [0.25, 0.3) is 10.9 Å². The van der Waals surface area contributed by atoms with Crippen molar-refractivity contribution in [2.45, 2.75) is 31.3 Å². The molecule has 0 atom stereocenters. The Morgan fingerprint density at radius 1 is 1.23 bits per heavy atom. The van der Waals surface area contributed by atoms with E-state index in [0.717, 1.165) is 5.56 Å². The monoisotopic (exact) mass is 372 g/mol. The van der Waals surface area contributed by atoms with E-state index in [4.69, 9.17) is 4.74 Å². The van der Waals surface area contributed by atoms with E-state index < -0.39 is 5.82 Å². The van der Waals surface area contributed by atoms with Gasteiger partial charge in [-0.3, -0.25) is 9.36 Å². The van der Waals surface area contributed by atoms with Crippen LogP contribution in [0.5, 0.6) is 5.75 Å². The normalized spacial score (nSPS) is 11.3. The molecule has 2 aromatic carbocycles. The van der Waals surface area contributed by atoms with Gasteiger partial charge in [0.1, 0.15) is 0 Å². The molecule has 4 nitrogen and oxygen atoms in total. The summed E-state index contributed by atoms with van der Waals surface area (Å²) < 4.78 is 20.6. The molecule has 26 heavy (non-hydrogen) atoms. The van der Waals surface area contributed by atoms with Crippen LogP contribution in [0.15, 0.2) is 52.4 Å². The Morgan fingerprint density at radius 2 is 2.00 bits per heavy atom. The molecule has 0 saturated heterocycles. The number of methoxy groups -OCH3 is 1. The SMILES string of the molecule is COc1ccc(CSc2nc3ccccc3c(=O)n2CC(C)C)cc1F.